The molecule has 716 valence electrons. The van der Waals surface area contributed by atoms with Gasteiger partial charge in [0.05, 0.1) is 27.1 Å². The lowest BCUT2D eigenvalue weighted by Gasteiger charge is -2.33. The van der Waals surface area contributed by atoms with E-state index in [-0.39, 0.29) is 36.4 Å². The number of anilines is 1. The van der Waals surface area contributed by atoms with E-state index in [4.69, 9.17) is 0 Å². The maximum absolute atomic E-state index is 17.2. The first-order valence-electron chi connectivity index (χ1n) is 33.5. The summed E-state index contributed by atoms with van der Waals surface area (Å²) in [6.45, 7) is -3.10. The van der Waals surface area contributed by atoms with Gasteiger partial charge in [0.25, 0.3) is 23.3 Å². The minimum absolute atomic E-state index is 0.00258. The molecule has 3 N–H and O–H groups in total. The second-order valence-corrected chi connectivity index (χ2v) is 28.5. The van der Waals surface area contributed by atoms with Gasteiger partial charge in [0.2, 0.25) is 0 Å². The summed E-state index contributed by atoms with van der Waals surface area (Å²) in [4.78, 5) is 17.7. The molecule has 9 heterocycles. The lowest BCUT2D eigenvalue weighted by Crippen LogP contribution is -2.58. The van der Waals surface area contributed by atoms with Crippen molar-refractivity contribution < 1.29 is 258 Å². The Morgan fingerprint density at radius 3 is 1.04 bits per heavy atom. The van der Waals surface area contributed by atoms with E-state index < -0.39 is 379 Å². The minimum atomic E-state index is -8.11. The van der Waals surface area contributed by atoms with Crippen LogP contribution in [0.3, 0.4) is 0 Å². The number of rotatable bonds is 14. The molecule has 132 heavy (non-hydrogen) atoms. The standard InChI is InChI=1S/C66H17F48N9O8S/c67-47(68,69)21(46(124)125)13-22-23-30(37(132-22)48(70,71)72)41-118-45-29-28(35(130-53(77,63(103,104)105)64(106,107)108)19-11-5-6-12-20(19)36(29)131-54(78,65(109,110)111)66(112,113)114)44-117-40-25-24(31(126-49(73,55(79,80)81)56(82,83)84)15-7-1-2-8-16(15)32(25)127-50(74,57(85,86)87)58(88,89)90)39-116-43-27-26(42(122(43)119-123(44)45)115-38(23)120(41)14-121(39)40)33(128-51(75,59(91,92)93)60(94,95)96)17-9-3-4-10-18(17)34(27)129-52(76,61(97,98)99)62(100,101)102/h1-13,43,119H,14H2/p+2. The van der Waals surface area contributed by atoms with Gasteiger partial charge in [-0.2, -0.15) is 221 Å². The smallest absolute Gasteiger partial charge is 0.470 e. The second kappa shape index (κ2) is 28.2. The summed E-state index contributed by atoms with van der Waals surface area (Å²) in [6.07, 6.45) is -117. The van der Waals surface area contributed by atoms with Crippen molar-refractivity contribution in [2.45, 2.75) is 134 Å². The zero-order valence-corrected chi connectivity index (χ0v) is 61.1. The number of hydrazone groups is 2. The van der Waals surface area contributed by atoms with Crippen LogP contribution in [0.1, 0.15) is 38.2 Å². The van der Waals surface area contributed by atoms with Crippen molar-refractivity contribution >= 4 is 106 Å². The predicted octanol–water partition coefficient (Wildman–Crippen LogP) is 22.1. The molecule has 6 aliphatic rings. The quantitative estimate of drug-likeness (QED) is 0.0541. The van der Waals surface area contributed by atoms with E-state index in [1.807, 2.05) is 0 Å². The first-order valence-corrected chi connectivity index (χ1v) is 34.3. The number of nitrogens with one attached hydrogen (secondary N) is 2. The Bertz CT molecular complexity index is 6610. The van der Waals surface area contributed by atoms with Crippen molar-refractivity contribution in [3.8, 4) is 34.5 Å². The van der Waals surface area contributed by atoms with Crippen molar-refractivity contribution in [1.82, 2.24) is 14.7 Å². The fourth-order valence-electron chi connectivity index (χ4n) is 13.8. The van der Waals surface area contributed by atoms with Crippen LogP contribution in [0.25, 0.3) is 59.9 Å². The summed E-state index contributed by atoms with van der Waals surface area (Å²) in [5.41, 5.74) is -20.4. The van der Waals surface area contributed by atoms with Crippen LogP contribution in [-0.4, -0.2) is 163 Å². The SMILES string of the molecule is O=C(O)C(=Cc1sc(C(F)(F)F)c2c3n4c(c12)=NC1=[N+]2N[N+]5=C(N=3)c3c(c(OC(F)(C(F)(F)F)C(F)(F)F)c6ccccc6c3OC(F)(C(F)(F)F)C(F)(F)F)C5=Nc3c5c(OC(F)(C(F)(F)F)C(F)(F)F)c6ccccc6c(OC(F)(C(F)(F)F)C(F)(F)F)c5c(n3C4)NC2c2c1c(OC(F)(C(F)(F)F)C(F)(F)F)c1ccccc1c2OC(F)(C(F)(F)F)C(F)(F)F)C(F)(F)F. The number of carboxylic acids is 1. The Morgan fingerprint density at radius 1 is 0.379 bits per heavy atom. The molecule has 66 heteroatoms. The van der Waals surface area contributed by atoms with Gasteiger partial charge in [-0.25, -0.2) is 4.79 Å². The molecule has 12 bridgehead atoms. The molecule has 1 unspecified atom stereocenters. The van der Waals surface area contributed by atoms with Gasteiger partial charge in [0.1, 0.15) is 74.1 Å². The normalized spacial score (nSPS) is 16.9. The van der Waals surface area contributed by atoms with Crippen LogP contribution < -0.4 is 50.2 Å². The third-order valence-electron chi connectivity index (χ3n) is 19.4. The highest BCUT2D eigenvalue weighted by molar-refractivity contribution is 7.14. The van der Waals surface area contributed by atoms with Gasteiger partial charge in [-0.05, 0) is 11.6 Å². The van der Waals surface area contributed by atoms with E-state index >= 15 is 211 Å². The molecule has 9 aromatic rings. The maximum atomic E-state index is 17.2. The van der Waals surface area contributed by atoms with E-state index in [9.17, 15) is 9.90 Å². The van der Waals surface area contributed by atoms with Crippen molar-refractivity contribution in [3.63, 3.8) is 0 Å². The molecule has 0 aliphatic carbocycles. The summed E-state index contributed by atoms with van der Waals surface area (Å²) in [5.74, 6) is -86.3. The molecule has 0 amide bonds. The van der Waals surface area contributed by atoms with Crippen LogP contribution in [0.15, 0.2) is 93.3 Å². The highest BCUT2D eigenvalue weighted by Crippen LogP contribution is 2.65. The van der Waals surface area contributed by atoms with Gasteiger partial charge >= 0.3 is 133 Å². The largest absolute Gasteiger partial charge is 0.478 e. The Balaban J connectivity index is 1.44. The van der Waals surface area contributed by atoms with E-state index in [0.29, 0.717) is 0 Å². The van der Waals surface area contributed by atoms with Crippen molar-refractivity contribution in [2.24, 2.45) is 15.0 Å². The fourth-order valence-corrected chi connectivity index (χ4v) is 14.9. The van der Waals surface area contributed by atoms with Gasteiger partial charge in [-0.15, -0.1) is 11.3 Å². The number of nitrogens with zero attached hydrogens (tertiary/aromatic N) is 7. The number of amidine groups is 3. The molecular weight excluding hydrogens is 1990 g/mol. The molecule has 3 aromatic heterocycles. The zero-order valence-electron chi connectivity index (χ0n) is 60.3. The lowest BCUT2D eigenvalue weighted by molar-refractivity contribution is -0.786. The van der Waals surface area contributed by atoms with E-state index in [1.54, 1.807) is 0 Å². The zero-order chi connectivity index (χ0) is 99.2. The van der Waals surface area contributed by atoms with Gasteiger partial charge in [0, 0.05) is 42.2 Å². The number of hydrogen-bond acceptors (Lipinski definition) is 13. The van der Waals surface area contributed by atoms with Gasteiger partial charge in [-0.1, -0.05) is 82.2 Å². The number of benzene rings is 6. The van der Waals surface area contributed by atoms with E-state index in [2.05, 4.69) is 43.4 Å². The van der Waals surface area contributed by atoms with Crippen LogP contribution in [0.5, 0.6) is 34.5 Å². The summed E-state index contributed by atoms with van der Waals surface area (Å²) in [7, 11) is 0. The number of ether oxygens (including phenoxy) is 6. The number of hydrazine groups is 2. The average molecular weight is 2010 g/mol. The summed E-state index contributed by atoms with van der Waals surface area (Å²) >= 11 is -1.57. The Kier molecular flexibility index (Phi) is 20.4. The molecule has 1 atom stereocenters. The monoisotopic (exact) mass is 2010 g/mol. The van der Waals surface area contributed by atoms with E-state index in [1.165, 1.54) is 10.9 Å². The molecule has 0 fully saturated rings. The molecule has 0 saturated heterocycles. The first kappa shape index (κ1) is 95.8. The minimum Gasteiger partial charge on any atom is -0.478 e. The van der Waals surface area contributed by atoms with Gasteiger partial charge in [0.15, 0.2) is 11.3 Å². The Hall–Kier alpha value is -12.3. The highest BCUT2D eigenvalue weighted by Gasteiger charge is 2.83. The molecular formula is C66H19F48N9O8S+2. The summed E-state index contributed by atoms with van der Waals surface area (Å²) in [5, 5.41) is -15.5. The van der Waals surface area contributed by atoms with Crippen molar-refractivity contribution in [3.05, 3.63) is 121 Å². The number of halogens is 48. The molecule has 0 saturated carbocycles. The number of fused-ring (bicyclic) bond motifs is 7. The lowest BCUT2D eigenvalue weighted by atomic mass is 9.96. The van der Waals surface area contributed by atoms with Crippen LogP contribution >= 0.6 is 11.3 Å². The van der Waals surface area contributed by atoms with Gasteiger partial charge in [-0.3, -0.25) is 9.13 Å². The van der Waals surface area contributed by atoms with Crippen LogP contribution in [0, 0.1) is 0 Å². The summed E-state index contributed by atoms with van der Waals surface area (Å²) in [6, 6.07) is -2.63. The summed E-state index contributed by atoms with van der Waals surface area (Å²) < 4.78 is 776. The van der Waals surface area contributed by atoms with Crippen molar-refractivity contribution in [1.29, 1.82) is 0 Å². The first-order chi connectivity index (χ1) is 59.5. The predicted molar refractivity (Wildman–Crippen MR) is 335 cm³/mol. The number of aromatic nitrogens is 2. The van der Waals surface area contributed by atoms with Crippen LogP contribution in [0.2, 0.25) is 0 Å². The van der Waals surface area contributed by atoms with Crippen molar-refractivity contribution in [2.75, 3.05) is 5.32 Å². The third kappa shape index (κ3) is 13.7. The van der Waals surface area contributed by atoms with E-state index in [0.717, 1.165) is 0 Å². The van der Waals surface area contributed by atoms with Crippen LogP contribution in [-0.2, 0) is 17.6 Å². The molecule has 0 radical (unpaired) electrons. The number of aliphatic carboxylic acids is 1. The molecule has 6 aromatic carbocycles. The highest BCUT2D eigenvalue weighted by atomic mass is 32.1. The average Bonchev–Trinajstić information content (AvgIpc) is 1.51. The number of carboxylic acid groups (broad SMARTS) is 1. The second-order valence-electron chi connectivity index (χ2n) is 27.4. The fraction of sp³-hybridized carbons (Fsp3) is 0.333. The molecule has 6 aliphatic heterocycles. The number of aliphatic imine (C=N–C) groups is 1. The molecule has 15 rings (SSSR count). The number of thiophene rings is 1. The Labute approximate surface area is 689 Å². The number of hydrogen-bond donors (Lipinski definition) is 3. The Morgan fingerprint density at radius 2 is 0.689 bits per heavy atom. The van der Waals surface area contributed by atoms with Crippen LogP contribution in [0.4, 0.5) is 222 Å². The molecule has 17 nitrogen and oxygen atoms in total. The number of carbonyl (C=O) groups is 1. The van der Waals surface area contributed by atoms with Gasteiger partial charge < -0.3 is 38.8 Å². The molecule has 0 spiro atoms. The topological polar surface area (TPSA) is 170 Å². The maximum Gasteiger partial charge on any atom is 0.470 e. The number of alkyl halides is 48. The third-order valence-corrected chi connectivity index (χ3v) is 20.6.